The fraction of sp³-hybridized carbons (Fsp3) is 0.308. The summed E-state index contributed by atoms with van der Waals surface area (Å²) in [5, 5.41) is 11.9. The molecule has 148 valence electrons. The molecule has 3 aromatic carbocycles. The van der Waals surface area contributed by atoms with Gasteiger partial charge in [-0.25, -0.2) is 4.79 Å². The lowest BCUT2D eigenvalue weighted by Gasteiger charge is -2.43. The Bertz CT molecular complexity index is 1150. The van der Waals surface area contributed by atoms with Crippen molar-refractivity contribution < 1.29 is 14.7 Å². The van der Waals surface area contributed by atoms with Crippen LogP contribution in [0.2, 0.25) is 0 Å². The average molecular weight is 386 g/mol. The number of ketones is 1. The van der Waals surface area contributed by atoms with Gasteiger partial charge in [-0.3, -0.25) is 4.79 Å². The first-order chi connectivity index (χ1) is 13.6. The minimum atomic E-state index is -1.06. The summed E-state index contributed by atoms with van der Waals surface area (Å²) in [5.74, 6) is -1.27. The number of carbonyl (C=O) groups is 2. The molecule has 3 heteroatoms. The molecule has 0 radical (unpaired) electrons. The zero-order valence-electron chi connectivity index (χ0n) is 17.4. The van der Waals surface area contributed by atoms with E-state index in [0.29, 0.717) is 11.1 Å². The number of carbonyl (C=O) groups excluding carboxylic acids is 1. The maximum Gasteiger partial charge on any atom is 0.336 e. The standard InChI is InChI=1S/C26H26O3/c1-25(2)13-14-26(3,4)22-20(25)12-11-19(24(28)29)21(22)23(27)18-10-9-16-7-5-6-8-17(16)15-18/h5-12,15H,13-14H2,1-4H3,(H,28,29). The van der Waals surface area contributed by atoms with Crippen LogP contribution >= 0.6 is 0 Å². The minimum Gasteiger partial charge on any atom is -0.478 e. The number of hydrogen-bond acceptors (Lipinski definition) is 2. The van der Waals surface area contributed by atoms with Gasteiger partial charge in [0.15, 0.2) is 5.78 Å². The molecule has 0 heterocycles. The van der Waals surface area contributed by atoms with Crippen LogP contribution in [0.25, 0.3) is 10.8 Å². The highest BCUT2D eigenvalue weighted by Crippen LogP contribution is 2.48. The fourth-order valence-electron chi connectivity index (χ4n) is 4.64. The Morgan fingerprint density at radius 1 is 0.828 bits per heavy atom. The summed E-state index contributed by atoms with van der Waals surface area (Å²) in [7, 11) is 0. The zero-order chi connectivity index (χ0) is 21.0. The van der Waals surface area contributed by atoms with Gasteiger partial charge in [0.05, 0.1) is 5.56 Å². The van der Waals surface area contributed by atoms with Crippen molar-refractivity contribution in [3.8, 4) is 0 Å². The van der Waals surface area contributed by atoms with Crippen LogP contribution in [0.3, 0.4) is 0 Å². The summed E-state index contributed by atoms with van der Waals surface area (Å²) < 4.78 is 0. The highest BCUT2D eigenvalue weighted by Gasteiger charge is 2.41. The molecule has 0 aliphatic heterocycles. The van der Waals surface area contributed by atoms with E-state index in [0.717, 1.165) is 34.7 Å². The second kappa shape index (κ2) is 6.55. The first kappa shape index (κ1) is 19.4. The number of rotatable bonds is 3. The lowest BCUT2D eigenvalue weighted by Crippen LogP contribution is -2.36. The highest BCUT2D eigenvalue weighted by atomic mass is 16.4. The third kappa shape index (κ3) is 3.15. The fourth-order valence-corrected chi connectivity index (χ4v) is 4.64. The molecule has 0 fully saturated rings. The molecule has 0 bridgehead atoms. The predicted molar refractivity (Wildman–Crippen MR) is 116 cm³/mol. The van der Waals surface area contributed by atoms with Crippen molar-refractivity contribution in [2.45, 2.75) is 51.4 Å². The number of aromatic carboxylic acids is 1. The average Bonchev–Trinajstić information content (AvgIpc) is 2.69. The summed E-state index contributed by atoms with van der Waals surface area (Å²) in [5.41, 5.74) is 2.59. The third-order valence-corrected chi connectivity index (χ3v) is 6.46. The van der Waals surface area contributed by atoms with Crippen molar-refractivity contribution in [1.82, 2.24) is 0 Å². The molecule has 0 atom stereocenters. The Balaban J connectivity index is 2.00. The van der Waals surface area contributed by atoms with Crippen molar-refractivity contribution in [3.63, 3.8) is 0 Å². The quantitative estimate of drug-likeness (QED) is 0.552. The molecule has 0 saturated heterocycles. The topological polar surface area (TPSA) is 54.4 Å². The van der Waals surface area contributed by atoms with Crippen LogP contribution in [0, 0.1) is 0 Å². The highest BCUT2D eigenvalue weighted by molar-refractivity contribution is 6.16. The molecular formula is C26H26O3. The van der Waals surface area contributed by atoms with Crippen LogP contribution in [0.15, 0.2) is 54.6 Å². The van der Waals surface area contributed by atoms with Gasteiger partial charge in [-0.05, 0) is 57.7 Å². The lowest BCUT2D eigenvalue weighted by molar-refractivity contribution is 0.0692. The van der Waals surface area contributed by atoms with Gasteiger partial charge in [-0.2, -0.15) is 0 Å². The van der Waals surface area contributed by atoms with E-state index in [1.54, 1.807) is 12.1 Å². The van der Waals surface area contributed by atoms with Crippen LogP contribution in [-0.2, 0) is 10.8 Å². The van der Waals surface area contributed by atoms with Crippen LogP contribution < -0.4 is 0 Å². The second-order valence-electron chi connectivity index (χ2n) is 9.37. The predicted octanol–water partition coefficient (Wildman–Crippen LogP) is 6.12. The Morgan fingerprint density at radius 2 is 1.48 bits per heavy atom. The molecule has 0 unspecified atom stereocenters. The second-order valence-corrected chi connectivity index (χ2v) is 9.37. The van der Waals surface area contributed by atoms with Crippen molar-refractivity contribution >= 4 is 22.5 Å². The van der Waals surface area contributed by atoms with Crippen LogP contribution in [-0.4, -0.2) is 16.9 Å². The van der Waals surface area contributed by atoms with Gasteiger partial charge in [-0.1, -0.05) is 70.2 Å². The van der Waals surface area contributed by atoms with Crippen LogP contribution in [0.5, 0.6) is 0 Å². The molecule has 4 rings (SSSR count). The van der Waals surface area contributed by atoms with Crippen LogP contribution in [0.4, 0.5) is 0 Å². The van der Waals surface area contributed by atoms with Gasteiger partial charge < -0.3 is 5.11 Å². The van der Waals surface area contributed by atoms with Gasteiger partial charge in [0.25, 0.3) is 0 Å². The van der Waals surface area contributed by atoms with Crippen molar-refractivity contribution in [2.24, 2.45) is 0 Å². The maximum atomic E-state index is 13.7. The summed E-state index contributed by atoms with van der Waals surface area (Å²) >= 11 is 0. The Morgan fingerprint density at radius 3 is 2.17 bits per heavy atom. The largest absolute Gasteiger partial charge is 0.478 e. The third-order valence-electron chi connectivity index (χ3n) is 6.46. The molecule has 29 heavy (non-hydrogen) atoms. The summed E-state index contributed by atoms with van der Waals surface area (Å²) in [6.07, 6.45) is 1.91. The van der Waals surface area contributed by atoms with E-state index in [9.17, 15) is 14.7 Å². The van der Waals surface area contributed by atoms with E-state index in [-0.39, 0.29) is 22.2 Å². The number of carboxylic acid groups (broad SMARTS) is 1. The monoisotopic (exact) mass is 386 g/mol. The first-order valence-electron chi connectivity index (χ1n) is 10.1. The Kier molecular flexibility index (Phi) is 4.38. The normalized spacial score (nSPS) is 17.0. The molecule has 0 aromatic heterocycles. The van der Waals surface area contributed by atoms with E-state index in [2.05, 4.69) is 27.7 Å². The number of hydrogen-bond donors (Lipinski definition) is 1. The molecule has 3 aromatic rings. The van der Waals surface area contributed by atoms with E-state index >= 15 is 0 Å². The molecule has 1 aliphatic rings. The van der Waals surface area contributed by atoms with Crippen molar-refractivity contribution in [2.75, 3.05) is 0 Å². The molecule has 0 spiro atoms. The smallest absolute Gasteiger partial charge is 0.336 e. The van der Waals surface area contributed by atoms with E-state index in [1.165, 1.54) is 0 Å². The number of benzene rings is 3. The van der Waals surface area contributed by atoms with Crippen molar-refractivity contribution in [3.05, 3.63) is 82.4 Å². The maximum absolute atomic E-state index is 13.7. The minimum absolute atomic E-state index is 0.0904. The van der Waals surface area contributed by atoms with Gasteiger partial charge in [0, 0.05) is 11.1 Å². The van der Waals surface area contributed by atoms with Gasteiger partial charge >= 0.3 is 5.97 Å². The van der Waals surface area contributed by atoms with E-state index < -0.39 is 5.97 Å². The van der Waals surface area contributed by atoms with E-state index in [1.807, 2.05) is 42.5 Å². The van der Waals surface area contributed by atoms with Gasteiger partial charge in [-0.15, -0.1) is 0 Å². The van der Waals surface area contributed by atoms with Gasteiger partial charge in [0.1, 0.15) is 0 Å². The molecular weight excluding hydrogens is 360 g/mol. The molecule has 3 nitrogen and oxygen atoms in total. The number of carboxylic acids is 1. The number of fused-ring (bicyclic) bond motifs is 2. The Labute approximate surface area is 171 Å². The van der Waals surface area contributed by atoms with E-state index in [4.69, 9.17) is 0 Å². The molecule has 1 aliphatic carbocycles. The van der Waals surface area contributed by atoms with Gasteiger partial charge in [0.2, 0.25) is 0 Å². The zero-order valence-corrected chi connectivity index (χ0v) is 17.4. The summed E-state index contributed by atoms with van der Waals surface area (Å²) in [4.78, 5) is 25.8. The van der Waals surface area contributed by atoms with Crippen molar-refractivity contribution in [1.29, 1.82) is 0 Å². The summed E-state index contributed by atoms with van der Waals surface area (Å²) in [6.45, 7) is 8.57. The van der Waals surface area contributed by atoms with Crippen LogP contribution in [0.1, 0.15) is 77.9 Å². The Hall–Kier alpha value is -2.94. The first-order valence-corrected chi connectivity index (χ1v) is 10.1. The molecule has 0 saturated carbocycles. The SMILES string of the molecule is CC1(C)CCC(C)(C)c2c1ccc(C(=O)O)c2C(=O)c1ccc2ccccc2c1. The molecule has 1 N–H and O–H groups in total. The lowest BCUT2D eigenvalue weighted by atomic mass is 9.61. The summed E-state index contributed by atoms with van der Waals surface area (Å²) in [6, 6.07) is 17.0. The molecule has 0 amide bonds.